The second kappa shape index (κ2) is 2.30. The number of likely N-dealkylation sites (N-methyl/N-ethyl adjacent to an activating group) is 1. The summed E-state index contributed by atoms with van der Waals surface area (Å²) in [6, 6.07) is 0. The van der Waals surface area contributed by atoms with Crippen molar-refractivity contribution in [3.63, 3.8) is 0 Å². The smallest absolute Gasteiger partial charge is 0.291 e. The summed E-state index contributed by atoms with van der Waals surface area (Å²) < 4.78 is 1.85. The molecule has 1 aromatic heterocycles. The number of carbonyl (C=O) groups excluding carboxylic acids is 1. The van der Waals surface area contributed by atoms with Crippen LogP contribution in [0.2, 0.25) is 0 Å². The molecule has 0 unspecified atom stereocenters. The van der Waals surface area contributed by atoms with Gasteiger partial charge in [-0.15, -0.1) is 10.2 Å². The summed E-state index contributed by atoms with van der Waals surface area (Å²) in [7, 11) is 1.77. The third kappa shape index (κ3) is 0.823. The third-order valence-corrected chi connectivity index (χ3v) is 2.13. The summed E-state index contributed by atoms with van der Waals surface area (Å²) in [6.45, 7) is 3.40. The summed E-state index contributed by atoms with van der Waals surface area (Å²) in [6.07, 6.45) is 0. The Kier molecular flexibility index (Phi) is 1.39. The second-order valence-electron chi connectivity index (χ2n) is 2.95. The minimum atomic E-state index is -0.0400. The largest absolute Gasteiger partial charge is 0.337 e. The van der Waals surface area contributed by atoms with Crippen molar-refractivity contribution in [2.45, 2.75) is 13.5 Å². The van der Waals surface area contributed by atoms with Crippen LogP contribution in [0.4, 0.5) is 0 Å². The van der Waals surface area contributed by atoms with Gasteiger partial charge in [0.15, 0.2) is 0 Å². The van der Waals surface area contributed by atoms with Crippen molar-refractivity contribution in [2.24, 2.45) is 0 Å². The summed E-state index contributed by atoms with van der Waals surface area (Å²) in [5, 5.41) is 7.66. The van der Waals surface area contributed by atoms with E-state index in [1.807, 2.05) is 11.5 Å². The van der Waals surface area contributed by atoms with Gasteiger partial charge in [0, 0.05) is 20.1 Å². The molecule has 0 saturated carbocycles. The SMILES string of the molecule is Cc1nnc2n1CCN(C)C2=O. The zero-order valence-corrected chi connectivity index (χ0v) is 7.11. The van der Waals surface area contributed by atoms with Gasteiger partial charge in [0.25, 0.3) is 5.91 Å². The van der Waals surface area contributed by atoms with Gasteiger partial charge in [-0.1, -0.05) is 0 Å². The highest BCUT2D eigenvalue weighted by Crippen LogP contribution is 2.09. The van der Waals surface area contributed by atoms with Crippen molar-refractivity contribution >= 4 is 5.91 Å². The van der Waals surface area contributed by atoms with E-state index >= 15 is 0 Å². The Morgan fingerprint density at radius 3 is 2.83 bits per heavy atom. The molecule has 0 bridgehead atoms. The van der Waals surface area contributed by atoms with Crippen LogP contribution in [0.15, 0.2) is 0 Å². The van der Waals surface area contributed by atoms with E-state index in [2.05, 4.69) is 10.2 Å². The van der Waals surface area contributed by atoms with Crippen LogP contribution in [0.1, 0.15) is 16.4 Å². The molecule has 5 heteroatoms. The number of nitrogens with zero attached hydrogens (tertiary/aromatic N) is 4. The van der Waals surface area contributed by atoms with Crippen molar-refractivity contribution in [1.82, 2.24) is 19.7 Å². The van der Waals surface area contributed by atoms with Gasteiger partial charge in [-0.25, -0.2) is 0 Å². The molecule has 0 radical (unpaired) electrons. The number of fused-ring (bicyclic) bond motifs is 1. The van der Waals surface area contributed by atoms with E-state index in [1.54, 1.807) is 11.9 Å². The van der Waals surface area contributed by atoms with Crippen LogP contribution in [0.25, 0.3) is 0 Å². The molecule has 64 valence electrons. The fourth-order valence-corrected chi connectivity index (χ4v) is 1.33. The molecule has 1 aliphatic heterocycles. The average Bonchev–Trinajstić information content (AvgIpc) is 2.41. The Labute approximate surface area is 70.0 Å². The molecule has 0 saturated heterocycles. The highest BCUT2D eigenvalue weighted by atomic mass is 16.2. The van der Waals surface area contributed by atoms with Gasteiger partial charge in [0.1, 0.15) is 5.82 Å². The first-order chi connectivity index (χ1) is 5.70. The Bertz CT molecular complexity index is 330. The number of rotatable bonds is 0. The fourth-order valence-electron chi connectivity index (χ4n) is 1.33. The molecule has 0 spiro atoms. The van der Waals surface area contributed by atoms with Crippen LogP contribution in [0.5, 0.6) is 0 Å². The van der Waals surface area contributed by atoms with Crippen molar-refractivity contribution < 1.29 is 4.79 Å². The molecule has 1 aromatic rings. The van der Waals surface area contributed by atoms with E-state index in [4.69, 9.17) is 0 Å². The zero-order valence-electron chi connectivity index (χ0n) is 7.11. The lowest BCUT2D eigenvalue weighted by Crippen LogP contribution is -2.37. The normalized spacial score (nSPS) is 16.5. The molecule has 0 atom stereocenters. The second-order valence-corrected chi connectivity index (χ2v) is 2.95. The maximum atomic E-state index is 11.4. The number of hydrogen-bond acceptors (Lipinski definition) is 3. The van der Waals surface area contributed by atoms with Crippen molar-refractivity contribution in [2.75, 3.05) is 13.6 Å². The van der Waals surface area contributed by atoms with Gasteiger partial charge in [-0.3, -0.25) is 4.79 Å². The minimum absolute atomic E-state index is 0.0400. The predicted octanol–water partition coefficient (Wildman–Crippen LogP) is -0.328. The molecular formula is C7H10N4O. The zero-order chi connectivity index (χ0) is 8.72. The molecule has 2 rings (SSSR count). The van der Waals surface area contributed by atoms with Gasteiger partial charge in [0.2, 0.25) is 5.82 Å². The number of carbonyl (C=O) groups is 1. The first kappa shape index (κ1) is 7.27. The average molecular weight is 166 g/mol. The number of amides is 1. The topological polar surface area (TPSA) is 51.0 Å². The molecule has 5 nitrogen and oxygen atoms in total. The Hall–Kier alpha value is -1.39. The summed E-state index contributed by atoms with van der Waals surface area (Å²) in [4.78, 5) is 13.1. The molecule has 0 fully saturated rings. The van der Waals surface area contributed by atoms with E-state index in [0.29, 0.717) is 5.82 Å². The maximum absolute atomic E-state index is 11.4. The van der Waals surface area contributed by atoms with E-state index in [-0.39, 0.29) is 5.91 Å². The lowest BCUT2D eigenvalue weighted by atomic mass is 10.3. The van der Waals surface area contributed by atoms with Crippen LogP contribution in [0, 0.1) is 6.92 Å². The molecule has 2 heterocycles. The van der Waals surface area contributed by atoms with Gasteiger partial charge in [-0.05, 0) is 6.92 Å². The molecule has 0 aliphatic carbocycles. The Morgan fingerprint density at radius 2 is 2.08 bits per heavy atom. The summed E-state index contributed by atoms with van der Waals surface area (Å²) in [5.41, 5.74) is 0. The molecular weight excluding hydrogens is 156 g/mol. The summed E-state index contributed by atoms with van der Waals surface area (Å²) >= 11 is 0. The van der Waals surface area contributed by atoms with Crippen LogP contribution >= 0.6 is 0 Å². The maximum Gasteiger partial charge on any atom is 0.291 e. The van der Waals surface area contributed by atoms with Gasteiger partial charge < -0.3 is 9.47 Å². The minimum Gasteiger partial charge on any atom is -0.337 e. The highest BCUT2D eigenvalue weighted by Gasteiger charge is 2.24. The molecule has 0 N–H and O–H groups in total. The first-order valence-corrected chi connectivity index (χ1v) is 3.85. The monoisotopic (exact) mass is 166 g/mol. The lowest BCUT2D eigenvalue weighted by Gasteiger charge is -2.22. The summed E-state index contributed by atoms with van der Waals surface area (Å²) in [5.74, 6) is 1.23. The van der Waals surface area contributed by atoms with Crippen molar-refractivity contribution in [1.29, 1.82) is 0 Å². The van der Waals surface area contributed by atoms with E-state index in [1.165, 1.54) is 0 Å². The van der Waals surface area contributed by atoms with Crippen LogP contribution in [-0.2, 0) is 6.54 Å². The highest BCUT2D eigenvalue weighted by molar-refractivity contribution is 5.91. The fraction of sp³-hybridized carbons (Fsp3) is 0.571. The number of hydrogen-bond donors (Lipinski definition) is 0. The van der Waals surface area contributed by atoms with Gasteiger partial charge >= 0.3 is 0 Å². The van der Waals surface area contributed by atoms with E-state index < -0.39 is 0 Å². The molecule has 12 heavy (non-hydrogen) atoms. The first-order valence-electron chi connectivity index (χ1n) is 3.85. The quantitative estimate of drug-likeness (QED) is 0.530. The van der Waals surface area contributed by atoms with Crippen molar-refractivity contribution in [3.8, 4) is 0 Å². The number of aromatic nitrogens is 3. The molecule has 1 amide bonds. The molecule has 1 aliphatic rings. The predicted molar refractivity (Wildman–Crippen MR) is 41.7 cm³/mol. The lowest BCUT2D eigenvalue weighted by molar-refractivity contribution is 0.0740. The van der Waals surface area contributed by atoms with Gasteiger partial charge in [-0.2, -0.15) is 0 Å². The third-order valence-electron chi connectivity index (χ3n) is 2.13. The van der Waals surface area contributed by atoms with Crippen LogP contribution in [-0.4, -0.2) is 39.2 Å². The Balaban J connectivity index is 2.50. The standard InChI is InChI=1S/C7H10N4O/c1-5-8-9-6-7(12)10(2)3-4-11(5)6/h3-4H2,1-2H3. The van der Waals surface area contributed by atoms with Crippen molar-refractivity contribution in [3.05, 3.63) is 11.6 Å². The number of aryl methyl sites for hydroxylation is 1. The van der Waals surface area contributed by atoms with Crippen LogP contribution < -0.4 is 0 Å². The van der Waals surface area contributed by atoms with Gasteiger partial charge in [0.05, 0.1) is 0 Å². The van der Waals surface area contributed by atoms with E-state index in [9.17, 15) is 4.79 Å². The Morgan fingerprint density at radius 1 is 1.33 bits per heavy atom. The van der Waals surface area contributed by atoms with Crippen LogP contribution in [0.3, 0.4) is 0 Å². The van der Waals surface area contributed by atoms with E-state index in [0.717, 1.165) is 18.9 Å². The molecule has 0 aromatic carbocycles.